The lowest BCUT2D eigenvalue weighted by Crippen LogP contribution is -2.47. The Balaban J connectivity index is 2.02. The van der Waals surface area contributed by atoms with Crippen molar-refractivity contribution in [3.63, 3.8) is 0 Å². The van der Waals surface area contributed by atoms with E-state index in [2.05, 4.69) is 37.0 Å². The third-order valence-electron chi connectivity index (χ3n) is 3.65. The summed E-state index contributed by atoms with van der Waals surface area (Å²) in [5.74, 6) is 1.31. The second kappa shape index (κ2) is 5.96. The van der Waals surface area contributed by atoms with Gasteiger partial charge >= 0.3 is 0 Å². The highest BCUT2D eigenvalue weighted by atomic mass is 32.2. The van der Waals surface area contributed by atoms with E-state index < -0.39 is 0 Å². The minimum atomic E-state index is 0.395. The standard InChI is InChI=1S/C14H23NOS/c1-3-7-15-13(10-12-5-8-16-11-12)14(2)6-4-9-17-14/h5,8,11,13,15H,3-4,6-7,9-10H2,1-2H3. The normalized spacial score (nSPS) is 26.2. The molecule has 2 heterocycles. The Morgan fingerprint density at radius 3 is 3.06 bits per heavy atom. The van der Waals surface area contributed by atoms with Crippen molar-refractivity contribution in [3.8, 4) is 0 Å². The van der Waals surface area contributed by atoms with Crippen LogP contribution in [0.3, 0.4) is 0 Å². The van der Waals surface area contributed by atoms with Gasteiger partial charge in [0.05, 0.1) is 12.5 Å². The zero-order valence-corrected chi connectivity index (χ0v) is 11.7. The third-order valence-corrected chi connectivity index (χ3v) is 5.29. The summed E-state index contributed by atoms with van der Waals surface area (Å²) in [6.45, 7) is 5.75. The fourth-order valence-corrected chi connectivity index (χ4v) is 3.95. The van der Waals surface area contributed by atoms with Crippen LogP contribution in [-0.4, -0.2) is 23.1 Å². The van der Waals surface area contributed by atoms with Gasteiger partial charge in [0.15, 0.2) is 0 Å². The number of thioether (sulfide) groups is 1. The molecule has 0 bridgehead atoms. The van der Waals surface area contributed by atoms with E-state index in [1.165, 1.54) is 30.6 Å². The van der Waals surface area contributed by atoms with Gasteiger partial charge in [0.2, 0.25) is 0 Å². The smallest absolute Gasteiger partial charge is 0.0935 e. The molecule has 1 aliphatic heterocycles. The average Bonchev–Trinajstić information content (AvgIpc) is 2.96. The Labute approximate surface area is 109 Å². The van der Waals surface area contributed by atoms with Gasteiger partial charge in [-0.3, -0.25) is 0 Å². The van der Waals surface area contributed by atoms with Crippen LogP contribution in [0.2, 0.25) is 0 Å². The molecule has 0 spiro atoms. The lowest BCUT2D eigenvalue weighted by Gasteiger charge is -2.34. The van der Waals surface area contributed by atoms with Crippen LogP contribution < -0.4 is 5.32 Å². The summed E-state index contributed by atoms with van der Waals surface area (Å²) in [6, 6.07) is 2.65. The highest BCUT2D eigenvalue weighted by Gasteiger charge is 2.37. The Morgan fingerprint density at radius 2 is 2.47 bits per heavy atom. The molecule has 0 radical (unpaired) electrons. The maximum absolute atomic E-state index is 5.18. The molecule has 1 aliphatic rings. The van der Waals surface area contributed by atoms with E-state index in [1.54, 1.807) is 6.26 Å². The maximum atomic E-state index is 5.18. The molecule has 1 aromatic heterocycles. The lowest BCUT2D eigenvalue weighted by atomic mass is 9.91. The van der Waals surface area contributed by atoms with Crippen molar-refractivity contribution in [1.82, 2.24) is 5.32 Å². The predicted molar refractivity (Wildman–Crippen MR) is 74.6 cm³/mol. The zero-order chi connectivity index (χ0) is 12.1. The summed E-state index contributed by atoms with van der Waals surface area (Å²) < 4.78 is 5.58. The molecule has 0 aliphatic carbocycles. The van der Waals surface area contributed by atoms with Gasteiger partial charge in [0.25, 0.3) is 0 Å². The fourth-order valence-electron chi connectivity index (χ4n) is 2.54. The Morgan fingerprint density at radius 1 is 1.59 bits per heavy atom. The van der Waals surface area contributed by atoms with Gasteiger partial charge in [0, 0.05) is 10.8 Å². The van der Waals surface area contributed by atoms with Crippen LogP contribution in [0.15, 0.2) is 23.0 Å². The quantitative estimate of drug-likeness (QED) is 0.840. The molecule has 1 saturated heterocycles. The van der Waals surface area contributed by atoms with Crippen molar-refractivity contribution in [3.05, 3.63) is 24.2 Å². The van der Waals surface area contributed by atoms with Crippen LogP contribution >= 0.6 is 11.8 Å². The van der Waals surface area contributed by atoms with Gasteiger partial charge in [-0.05, 0) is 56.5 Å². The highest BCUT2D eigenvalue weighted by Crippen LogP contribution is 2.41. The number of rotatable bonds is 6. The molecule has 1 fully saturated rings. The van der Waals surface area contributed by atoms with Gasteiger partial charge in [-0.15, -0.1) is 0 Å². The number of nitrogens with one attached hydrogen (secondary N) is 1. The van der Waals surface area contributed by atoms with E-state index in [9.17, 15) is 0 Å². The fraction of sp³-hybridized carbons (Fsp3) is 0.714. The van der Waals surface area contributed by atoms with Crippen molar-refractivity contribution in [2.45, 2.75) is 50.3 Å². The third kappa shape index (κ3) is 3.29. The molecular formula is C14H23NOS. The van der Waals surface area contributed by atoms with Crippen LogP contribution in [-0.2, 0) is 6.42 Å². The van der Waals surface area contributed by atoms with Crippen LogP contribution in [0, 0.1) is 0 Å². The first-order chi connectivity index (χ1) is 8.24. The molecule has 1 N–H and O–H groups in total. The van der Waals surface area contributed by atoms with E-state index in [0.29, 0.717) is 10.8 Å². The van der Waals surface area contributed by atoms with Crippen molar-refractivity contribution in [2.75, 3.05) is 12.3 Å². The highest BCUT2D eigenvalue weighted by molar-refractivity contribution is 8.00. The Hall–Kier alpha value is -0.410. The van der Waals surface area contributed by atoms with Crippen molar-refractivity contribution in [1.29, 1.82) is 0 Å². The van der Waals surface area contributed by atoms with Crippen LogP contribution in [0.5, 0.6) is 0 Å². The molecule has 0 saturated carbocycles. The molecule has 2 nitrogen and oxygen atoms in total. The molecule has 1 aromatic rings. The van der Waals surface area contributed by atoms with E-state index in [0.717, 1.165) is 13.0 Å². The first-order valence-electron chi connectivity index (χ1n) is 6.63. The van der Waals surface area contributed by atoms with Gasteiger partial charge in [-0.1, -0.05) is 6.92 Å². The average molecular weight is 253 g/mol. The monoisotopic (exact) mass is 253 g/mol. The summed E-state index contributed by atoms with van der Waals surface area (Å²) in [4.78, 5) is 0. The van der Waals surface area contributed by atoms with Crippen molar-refractivity contribution in [2.24, 2.45) is 0 Å². The second-order valence-corrected chi connectivity index (χ2v) is 6.74. The zero-order valence-electron chi connectivity index (χ0n) is 10.9. The molecule has 0 amide bonds. The summed E-state index contributed by atoms with van der Waals surface area (Å²) >= 11 is 2.13. The summed E-state index contributed by atoms with van der Waals surface area (Å²) in [5, 5.41) is 3.73. The first-order valence-corrected chi connectivity index (χ1v) is 7.61. The van der Waals surface area contributed by atoms with Crippen molar-refractivity contribution >= 4 is 11.8 Å². The van der Waals surface area contributed by atoms with E-state index in [-0.39, 0.29) is 0 Å². The Bertz CT molecular complexity index is 317. The van der Waals surface area contributed by atoms with Gasteiger partial charge in [-0.2, -0.15) is 11.8 Å². The summed E-state index contributed by atoms with van der Waals surface area (Å²) in [6.07, 6.45) is 8.62. The van der Waals surface area contributed by atoms with Gasteiger partial charge in [-0.25, -0.2) is 0 Å². The van der Waals surface area contributed by atoms with Gasteiger partial charge in [0.1, 0.15) is 0 Å². The minimum Gasteiger partial charge on any atom is -0.472 e. The maximum Gasteiger partial charge on any atom is 0.0935 e. The molecule has 3 heteroatoms. The summed E-state index contributed by atoms with van der Waals surface area (Å²) in [5.41, 5.74) is 1.31. The van der Waals surface area contributed by atoms with Crippen LogP contribution in [0.25, 0.3) is 0 Å². The lowest BCUT2D eigenvalue weighted by molar-refractivity contribution is 0.397. The SMILES string of the molecule is CCCNC(Cc1ccoc1)C1(C)CCCS1. The second-order valence-electron chi connectivity index (χ2n) is 5.11. The van der Waals surface area contributed by atoms with Crippen LogP contribution in [0.1, 0.15) is 38.7 Å². The number of hydrogen-bond acceptors (Lipinski definition) is 3. The molecule has 96 valence electrons. The molecule has 2 atom stereocenters. The van der Waals surface area contributed by atoms with Gasteiger partial charge < -0.3 is 9.73 Å². The van der Waals surface area contributed by atoms with Crippen LogP contribution in [0.4, 0.5) is 0 Å². The largest absolute Gasteiger partial charge is 0.472 e. The molecule has 17 heavy (non-hydrogen) atoms. The number of furan rings is 1. The van der Waals surface area contributed by atoms with E-state index in [4.69, 9.17) is 4.42 Å². The van der Waals surface area contributed by atoms with Crippen molar-refractivity contribution < 1.29 is 4.42 Å². The van der Waals surface area contributed by atoms with E-state index in [1.807, 2.05) is 6.26 Å². The molecule has 2 rings (SSSR count). The predicted octanol–water partition coefficient (Wildman–Crippen LogP) is 3.48. The Kier molecular flexibility index (Phi) is 4.57. The molecule has 0 aromatic carbocycles. The van der Waals surface area contributed by atoms with E-state index >= 15 is 0 Å². The summed E-state index contributed by atoms with van der Waals surface area (Å²) in [7, 11) is 0. The molecular weight excluding hydrogens is 230 g/mol. The molecule has 2 unspecified atom stereocenters. The number of hydrogen-bond donors (Lipinski definition) is 1. The topological polar surface area (TPSA) is 25.2 Å². The minimum absolute atomic E-state index is 0.395. The first kappa shape index (κ1) is 13.0.